The van der Waals surface area contributed by atoms with Gasteiger partial charge in [0.2, 0.25) is 0 Å². The van der Waals surface area contributed by atoms with E-state index in [1.54, 1.807) is 12.1 Å². The van der Waals surface area contributed by atoms with Crippen molar-refractivity contribution in [1.82, 2.24) is 0 Å². The number of para-hydroxylation sites is 1. The minimum atomic E-state index is -0.974. The van der Waals surface area contributed by atoms with Crippen molar-refractivity contribution >= 4 is 11.7 Å². The number of nitrogens with one attached hydrogen (secondary N) is 1. The molecule has 1 aromatic carbocycles. The van der Waals surface area contributed by atoms with Crippen LogP contribution in [0.5, 0.6) is 0 Å². The number of hydrogen-bond acceptors (Lipinski definition) is 5. The van der Waals surface area contributed by atoms with Gasteiger partial charge >= 0.3 is 11.7 Å². The van der Waals surface area contributed by atoms with Crippen molar-refractivity contribution in [3.8, 4) is 0 Å². The van der Waals surface area contributed by atoms with Crippen molar-refractivity contribution in [2.45, 2.75) is 13.8 Å². The second-order valence-electron chi connectivity index (χ2n) is 3.66. The summed E-state index contributed by atoms with van der Waals surface area (Å²) >= 11 is 0. The Hall–Kier alpha value is -2.37. The zero-order valence-corrected chi connectivity index (χ0v) is 10.4. The number of methoxy groups -OCH3 is 1. The highest BCUT2D eigenvalue weighted by Gasteiger charge is 2.26. The number of esters is 1. The first-order valence-electron chi connectivity index (χ1n) is 5.23. The Morgan fingerprint density at radius 1 is 1.39 bits per heavy atom. The molecule has 0 fully saturated rings. The van der Waals surface area contributed by atoms with Crippen LogP contribution in [-0.4, -0.2) is 18.0 Å². The topological polar surface area (TPSA) is 81.5 Å². The third-order valence-electron chi connectivity index (χ3n) is 2.38. The molecule has 0 saturated heterocycles. The molecule has 0 spiro atoms. The third kappa shape index (κ3) is 3.07. The van der Waals surface area contributed by atoms with E-state index >= 15 is 0 Å². The van der Waals surface area contributed by atoms with Crippen molar-refractivity contribution < 1.29 is 14.5 Å². The van der Waals surface area contributed by atoms with Crippen LogP contribution in [0.4, 0.5) is 5.69 Å². The van der Waals surface area contributed by atoms with Crippen molar-refractivity contribution in [2.75, 3.05) is 12.4 Å². The highest BCUT2D eigenvalue weighted by Crippen LogP contribution is 2.17. The fourth-order valence-corrected chi connectivity index (χ4v) is 1.44. The van der Waals surface area contributed by atoms with Gasteiger partial charge in [-0.15, -0.1) is 0 Å². The minimum absolute atomic E-state index is 0.140. The van der Waals surface area contributed by atoms with E-state index in [-0.39, 0.29) is 5.70 Å². The van der Waals surface area contributed by atoms with Gasteiger partial charge in [-0.3, -0.25) is 10.1 Å². The summed E-state index contributed by atoms with van der Waals surface area (Å²) in [5.74, 6) is -0.974. The average molecular weight is 250 g/mol. The molecule has 1 N–H and O–H groups in total. The molecule has 18 heavy (non-hydrogen) atoms. The first kappa shape index (κ1) is 13.7. The van der Waals surface area contributed by atoms with Crippen LogP contribution in [0.15, 0.2) is 35.7 Å². The average Bonchev–Trinajstić information content (AvgIpc) is 2.31. The summed E-state index contributed by atoms with van der Waals surface area (Å²) in [5, 5.41) is 13.7. The first-order chi connectivity index (χ1) is 8.47. The molecule has 0 aliphatic carbocycles. The van der Waals surface area contributed by atoms with Gasteiger partial charge in [0.1, 0.15) is 0 Å². The summed E-state index contributed by atoms with van der Waals surface area (Å²) in [6.07, 6.45) is 0. The van der Waals surface area contributed by atoms with Crippen LogP contribution < -0.4 is 5.32 Å². The zero-order valence-electron chi connectivity index (χ0n) is 10.4. The van der Waals surface area contributed by atoms with E-state index in [0.29, 0.717) is 5.69 Å². The summed E-state index contributed by atoms with van der Waals surface area (Å²) in [6.45, 7) is 3.32. The van der Waals surface area contributed by atoms with Crippen LogP contribution in [0.2, 0.25) is 0 Å². The monoisotopic (exact) mass is 250 g/mol. The highest BCUT2D eigenvalue weighted by atomic mass is 16.6. The maximum absolute atomic E-state index is 11.3. The maximum Gasteiger partial charge on any atom is 0.411 e. The summed E-state index contributed by atoms with van der Waals surface area (Å²) in [5.41, 5.74) is 1.17. The van der Waals surface area contributed by atoms with Gasteiger partial charge in [0.25, 0.3) is 0 Å². The Morgan fingerprint density at radius 3 is 2.50 bits per heavy atom. The van der Waals surface area contributed by atoms with Gasteiger partial charge in [-0.1, -0.05) is 18.2 Å². The Balaban J connectivity index is 3.10. The summed E-state index contributed by atoms with van der Waals surface area (Å²) in [6, 6.07) is 7.29. The number of hydrogen-bond donors (Lipinski definition) is 1. The molecule has 1 rings (SSSR count). The number of carbonyl (C=O) groups is 1. The summed E-state index contributed by atoms with van der Waals surface area (Å²) in [7, 11) is 1.10. The second-order valence-corrected chi connectivity index (χ2v) is 3.66. The summed E-state index contributed by atoms with van der Waals surface area (Å²) < 4.78 is 4.38. The van der Waals surface area contributed by atoms with E-state index in [0.717, 1.165) is 12.7 Å². The molecular formula is C12H14N2O4. The van der Waals surface area contributed by atoms with E-state index in [9.17, 15) is 14.9 Å². The largest absolute Gasteiger partial charge is 0.461 e. The number of rotatable bonds is 4. The molecule has 0 aromatic heterocycles. The number of nitrogens with zero attached hydrogens (tertiary/aromatic N) is 1. The Morgan fingerprint density at radius 2 is 2.00 bits per heavy atom. The lowest BCUT2D eigenvalue weighted by atomic mass is 10.2. The zero-order chi connectivity index (χ0) is 13.7. The van der Waals surface area contributed by atoms with Crippen molar-refractivity contribution in [2.24, 2.45) is 0 Å². The fourth-order valence-electron chi connectivity index (χ4n) is 1.44. The van der Waals surface area contributed by atoms with Gasteiger partial charge in [-0.25, -0.2) is 4.79 Å². The minimum Gasteiger partial charge on any atom is -0.461 e. The van der Waals surface area contributed by atoms with Gasteiger partial charge in [-0.05, 0) is 25.5 Å². The van der Waals surface area contributed by atoms with E-state index in [1.165, 1.54) is 6.92 Å². The van der Waals surface area contributed by atoms with Gasteiger partial charge in [0.15, 0.2) is 0 Å². The lowest BCUT2D eigenvalue weighted by Crippen LogP contribution is -2.18. The molecule has 0 saturated carbocycles. The van der Waals surface area contributed by atoms with E-state index in [2.05, 4.69) is 10.1 Å². The smallest absolute Gasteiger partial charge is 0.411 e. The predicted molar refractivity (Wildman–Crippen MR) is 66.5 cm³/mol. The normalized spacial score (nSPS) is 11.5. The number of benzene rings is 1. The van der Waals surface area contributed by atoms with Crippen LogP contribution in [0.1, 0.15) is 12.5 Å². The molecule has 0 aliphatic rings. The van der Waals surface area contributed by atoms with Crippen molar-refractivity contribution in [1.29, 1.82) is 0 Å². The van der Waals surface area contributed by atoms with Crippen molar-refractivity contribution in [3.05, 3.63) is 51.3 Å². The van der Waals surface area contributed by atoms with Gasteiger partial charge in [0, 0.05) is 5.69 Å². The lowest BCUT2D eigenvalue weighted by molar-refractivity contribution is -0.422. The quantitative estimate of drug-likeness (QED) is 0.383. The maximum atomic E-state index is 11.3. The van der Waals surface area contributed by atoms with E-state index < -0.39 is 16.6 Å². The molecule has 6 heteroatoms. The number of anilines is 1. The van der Waals surface area contributed by atoms with Crippen molar-refractivity contribution in [3.63, 3.8) is 0 Å². The van der Waals surface area contributed by atoms with Crippen LogP contribution in [0, 0.1) is 17.0 Å². The Kier molecular flexibility index (Phi) is 4.42. The second kappa shape index (κ2) is 5.81. The fraction of sp³-hybridized carbons (Fsp3) is 0.250. The van der Waals surface area contributed by atoms with Gasteiger partial charge in [0.05, 0.1) is 17.7 Å². The number of carbonyl (C=O) groups excluding carboxylic acids is 1. The third-order valence-corrected chi connectivity index (χ3v) is 2.38. The molecule has 0 unspecified atom stereocenters. The number of allylic oxidation sites excluding steroid dienone is 1. The number of ether oxygens (including phenoxy) is 1. The van der Waals surface area contributed by atoms with Crippen LogP contribution in [-0.2, 0) is 9.53 Å². The first-order valence-corrected chi connectivity index (χ1v) is 5.23. The molecule has 0 radical (unpaired) electrons. The Bertz CT molecular complexity index is 509. The highest BCUT2D eigenvalue weighted by molar-refractivity contribution is 5.87. The molecular weight excluding hydrogens is 236 g/mol. The van der Waals surface area contributed by atoms with Crippen LogP contribution >= 0.6 is 0 Å². The van der Waals surface area contributed by atoms with Crippen LogP contribution in [0.3, 0.4) is 0 Å². The molecule has 0 amide bonds. The van der Waals surface area contributed by atoms with E-state index in [4.69, 9.17) is 0 Å². The van der Waals surface area contributed by atoms with Gasteiger partial charge < -0.3 is 10.1 Å². The number of aryl methyl sites for hydroxylation is 1. The lowest BCUT2D eigenvalue weighted by Gasteiger charge is -2.09. The molecule has 6 nitrogen and oxygen atoms in total. The van der Waals surface area contributed by atoms with Crippen LogP contribution in [0.25, 0.3) is 0 Å². The number of nitro groups is 1. The van der Waals surface area contributed by atoms with Gasteiger partial charge in [-0.2, -0.15) is 0 Å². The molecule has 0 atom stereocenters. The molecule has 96 valence electrons. The molecule has 0 bridgehead atoms. The van der Waals surface area contributed by atoms with E-state index in [1.807, 2.05) is 19.1 Å². The SMILES string of the molecule is COC(=O)/C(=C(/C)Nc1ccccc1C)[N+](=O)[O-]. The molecule has 1 aromatic rings. The standard InChI is InChI=1S/C12H14N2O4/c1-8-6-4-5-7-10(8)13-9(2)11(14(16)17)12(15)18-3/h4-7,13H,1-3H3/b11-9+. The summed E-state index contributed by atoms with van der Waals surface area (Å²) in [4.78, 5) is 21.4. The molecule has 0 heterocycles. The predicted octanol–water partition coefficient (Wildman–Crippen LogP) is 2.09. The Labute approximate surface area is 104 Å². The molecule has 0 aliphatic heterocycles.